The molecule has 0 heterocycles. The van der Waals surface area contributed by atoms with Gasteiger partial charge in [-0.1, -0.05) is 18.2 Å². The number of hydrogen-bond acceptors (Lipinski definition) is 1. The zero-order chi connectivity index (χ0) is 10.8. The van der Waals surface area contributed by atoms with Crippen molar-refractivity contribution >= 4 is 13.2 Å². The Morgan fingerprint density at radius 2 is 2.00 bits per heavy atom. The molecule has 0 aromatic heterocycles. The van der Waals surface area contributed by atoms with Crippen molar-refractivity contribution in [3.05, 3.63) is 41.5 Å². The standard InChI is InChI=1S/C9H10FO3P/c1-7(6-14(11,12)13)8-4-2-3-5-9(8)10/h2-6H,1H3,(H2,11,12,13). The first kappa shape index (κ1) is 11.1. The molecular weight excluding hydrogens is 206 g/mol. The molecule has 0 saturated carbocycles. The SMILES string of the molecule is CC(=CP(=O)(O)O)c1ccccc1F. The zero-order valence-electron chi connectivity index (χ0n) is 7.51. The summed E-state index contributed by atoms with van der Waals surface area (Å²) >= 11 is 0. The van der Waals surface area contributed by atoms with E-state index in [2.05, 4.69) is 0 Å². The van der Waals surface area contributed by atoms with E-state index in [1.54, 1.807) is 6.07 Å². The van der Waals surface area contributed by atoms with Crippen molar-refractivity contribution in [2.75, 3.05) is 0 Å². The molecule has 0 aliphatic rings. The topological polar surface area (TPSA) is 57.5 Å². The molecule has 0 amide bonds. The molecule has 1 aromatic rings. The summed E-state index contributed by atoms with van der Waals surface area (Å²) in [5, 5.41) is 0. The van der Waals surface area contributed by atoms with Crippen LogP contribution in [0.3, 0.4) is 0 Å². The van der Waals surface area contributed by atoms with Crippen LogP contribution in [0.15, 0.2) is 30.1 Å². The van der Waals surface area contributed by atoms with Crippen LogP contribution in [0.1, 0.15) is 12.5 Å². The van der Waals surface area contributed by atoms with Crippen LogP contribution in [-0.4, -0.2) is 9.79 Å². The lowest BCUT2D eigenvalue weighted by Crippen LogP contribution is -1.86. The van der Waals surface area contributed by atoms with E-state index in [1.165, 1.54) is 25.1 Å². The van der Waals surface area contributed by atoms with Gasteiger partial charge < -0.3 is 9.79 Å². The molecule has 0 bridgehead atoms. The molecule has 0 unspecified atom stereocenters. The number of benzene rings is 1. The molecule has 0 spiro atoms. The summed E-state index contributed by atoms with van der Waals surface area (Å²) in [5.41, 5.74) is 0.437. The highest BCUT2D eigenvalue weighted by Crippen LogP contribution is 2.39. The maximum atomic E-state index is 13.1. The van der Waals surface area contributed by atoms with Crippen LogP contribution < -0.4 is 0 Å². The molecule has 0 atom stereocenters. The van der Waals surface area contributed by atoms with Crippen LogP contribution >= 0.6 is 7.60 Å². The molecule has 0 aliphatic heterocycles. The second-order valence-corrected chi connectivity index (χ2v) is 4.32. The van der Waals surface area contributed by atoms with E-state index in [4.69, 9.17) is 9.79 Å². The molecule has 2 N–H and O–H groups in total. The summed E-state index contributed by atoms with van der Waals surface area (Å²) in [5.74, 6) is 0.264. The molecule has 76 valence electrons. The third-order valence-electron chi connectivity index (χ3n) is 1.66. The minimum absolute atomic E-state index is 0.204. The molecule has 3 nitrogen and oxygen atoms in total. The highest BCUT2D eigenvalue weighted by atomic mass is 31.2. The van der Waals surface area contributed by atoms with Gasteiger partial charge in [-0.05, 0) is 18.6 Å². The predicted molar refractivity (Wildman–Crippen MR) is 52.1 cm³/mol. The Morgan fingerprint density at radius 1 is 1.43 bits per heavy atom. The van der Waals surface area contributed by atoms with Gasteiger partial charge in [0.05, 0.1) is 0 Å². The molecule has 0 fully saturated rings. The van der Waals surface area contributed by atoms with E-state index in [0.717, 1.165) is 5.82 Å². The van der Waals surface area contributed by atoms with E-state index in [0.29, 0.717) is 0 Å². The molecule has 0 radical (unpaired) electrons. The van der Waals surface area contributed by atoms with Crippen LogP contribution in [0.5, 0.6) is 0 Å². The van der Waals surface area contributed by atoms with Gasteiger partial charge in [-0.15, -0.1) is 0 Å². The zero-order valence-corrected chi connectivity index (χ0v) is 8.41. The number of hydrogen-bond donors (Lipinski definition) is 2. The third-order valence-corrected chi connectivity index (χ3v) is 2.38. The van der Waals surface area contributed by atoms with Gasteiger partial charge in [0.2, 0.25) is 0 Å². The summed E-state index contributed by atoms with van der Waals surface area (Å²) in [6.45, 7) is 1.46. The predicted octanol–water partition coefficient (Wildman–Crippen LogP) is 2.36. The van der Waals surface area contributed by atoms with Gasteiger partial charge in [-0.2, -0.15) is 0 Å². The number of allylic oxidation sites excluding steroid dienone is 1. The fourth-order valence-electron chi connectivity index (χ4n) is 1.10. The smallest absolute Gasteiger partial charge is 0.321 e. The van der Waals surface area contributed by atoms with Gasteiger partial charge in [0, 0.05) is 11.4 Å². The molecule has 0 saturated heterocycles. The molecule has 5 heteroatoms. The van der Waals surface area contributed by atoms with E-state index in [1.807, 2.05) is 0 Å². The minimum Gasteiger partial charge on any atom is -0.321 e. The van der Waals surface area contributed by atoms with Crippen molar-refractivity contribution < 1.29 is 18.7 Å². The largest absolute Gasteiger partial charge is 0.349 e. The average Bonchev–Trinajstić information content (AvgIpc) is 2.01. The summed E-state index contributed by atoms with van der Waals surface area (Å²) in [6, 6.07) is 5.84. The Balaban J connectivity index is 3.13. The van der Waals surface area contributed by atoms with Crippen LogP contribution in [0.2, 0.25) is 0 Å². The maximum Gasteiger partial charge on any atom is 0.349 e. The Morgan fingerprint density at radius 3 is 2.50 bits per heavy atom. The normalized spacial score (nSPS) is 13.0. The second-order valence-electron chi connectivity index (χ2n) is 2.88. The van der Waals surface area contributed by atoms with Crippen molar-refractivity contribution in [2.45, 2.75) is 6.92 Å². The van der Waals surface area contributed by atoms with Crippen LogP contribution in [-0.2, 0) is 4.57 Å². The third kappa shape index (κ3) is 3.07. The fraction of sp³-hybridized carbons (Fsp3) is 0.111. The van der Waals surface area contributed by atoms with Gasteiger partial charge in [0.25, 0.3) is 0 Å². The molecule has 14 heavy (non-hydrogen) atoms. The van der Waals surface area contributed by atoms with Crippen LogP contribution in [0.4, 0.5) is 4.39 Å². The van der Waals surface area contributed by atoms with Gasteiger partial charge >= 0.3 is 7.60 Å². The van der Waals surface area contributed by atoms with E-state index in [9.17, 15) is 8.96 Å². The first-order valence-electron chi connectivity index (χ1n) is 3.90. The lowest BCUT2D eigenvalue weighted by Gasteiger charge is -2.03. The summed E-state index contributed by atoms with van der Waals surface area (Å²) in [6.07, 6.45) is 0. The maximum absolute atomic E-state index is 13.1. The molecule has 1 rings (SSSR count). The summed E-state index contributed by atoms with van der Waals surface area (Å²) in [4.78, 5) is 17.3. The summed E-state index contributed by atoms with van der Waals surface area (Å²) < 4.78 is 23.7. The Kier molecular flexibility index (Phi) is 3.21. The van der Waals surface area contributed by atoms with Gasteiger partial charge in [0.15, 0.2) is 0 Å². The first-order chi connectivity index (χ1) is 6.40. The van der Waals surface area contributed by atoms with Crippen molar-refractivity contribution in [3.8, 4) is 0 Å². The van der Waals surface area contributed by atoms with Crippen molar-refractivity contribution in [2.24, 2.45) is 0 Å². The minimum atomic E-state index is -4.24. The summed E-state index contributed by atoms with van der Waals surface area (Å²) in [7, 11) is -4.24. The van der Waals surface area contributed by atoms with E-state index in [-0.39, 0.29) is 11.1 Å². The number of rotatable bonds is 2. The molecule has 0 aliphatic carbocycles. The van der Waals surface area contributed by atoms with E-state index < -0.39 is 13.4 Å². The molecular formula is C9H10FO3P. The quantitative estimate of drug-likeness (QED) is 0.746. The Hall–Kier alpha value is -0.960. The monoisotopic (exact) mass is 216 g/mol. The van der Waals surface area contributed by atoms with Crippen molar-refractivity contribution in [3.63, 3.8) is 0 Å². The van der Waals surface area contributed by atoms with Gasteiger partial charge in [-0.3, -0.25) is 4.57 Å². The van der Waals surface area contributed by atoms with Crippen LogP contribution in [0, 0.1) is 5.82 Å². The lowest BCUT2D eigenvalue weighted by molar-refractivity contribution is 0.386. The van der Waals surface area contributed by atoms with Crippen molar-refractivity contribution in [1.29, 1.82) is 0 Å². The van der Waals surface area contributed by atoms with Crippen molar-refractivity contribution in [1.82, 2.24) is 0 Å². The highest BCUT2D eigenvalue weighted by molar-refractivity contribution is 7.55. The lowest BCUT2D eigenvalue weighted by atomic mass is 10.1. The first-order valence-corrected chi connectivity index (χ1v) is 5.58. The Labute approximate surface area is 81.1 Å². The second kappa shape index (κ2) is 4.05. The Bertz CT molecular complexity index is 408. The number of halogens is 1. The highest BCUT2D eigenvalue weighted by Gasteiger charge is 2.11. The van der Waals surface area contributed by atoms with E-state index >= 15 is 0 Å². The fourth-order valence-corrected chi connectivity index (χ4v) is 1.75. The van der Waals surface area contributed by atoms with Gasteiger partial charge in [0.1, 0.15) is 5.82 Å². The van der Waals surface area contributed by atoms with Crippen LogP contribution in [0.25, 0.3) is 5.57 Å². The molecule has 1 aromatic carbocycles. The average molecular weight is 216 g/mol. The van der Waals surface area contributed by atoms with Gasteiger partial charge in [-0.25, -0.2) is 4.39 Å².